The van der Waals surface area contributed by atoms with Crippen LogP contribution in [-0.2, 0) is 19.6 Å². The average molecular weight is 464 g/mol. The summed E-state index contributed by atoms with van der Waals surface area (Å²) < 4.78 is 71.7. The molecule has 166 valence electrons. The fourth-order valence-corrected chi connectivity index (χ4v) is 3.63. The van der Waals surface area contributed by atoms with Gasteiger partial charge in [-0.15, -0.1) is 0 Å². The smallest absolute Gasteiger partial charge is 0.340 e. The highest BCUT2D eigenvalue weighted by molar-refractivity contribution is 7.92. The highest BCUT2D eigenvalue weighted by Gasteiger charge is 2.20. The number of nitrogens with one attached hydrogen (secondary N) is 2. The zero-order valence-electron chi connectivity index (χ0n) is 16.1. The highest BCUT2D eigenvalue weighted by Crippen LogP contribution is 2.21. The van der Waals surface area contributed by atoms with Crippen molar-refractivity contribution in [2.75, 3.05) is 16.6 Å². The van der Waals surface area contributed by atoms with Crippen LogP contribution in [0.15, 0.2) is 71.6 Å². The Balaban J connectivity index is 1.68. The van der Waals surface area contributed by atoms with Gasteiger partial charge < -0.3 is 10.1 Å². The standard InChI is InChI=1S/C21H15F3N2O5S/c22-13-5-8-15(9-6-13)32(29,30)26-18-4-2-1-3-16(18)21(28)31-12-20(27)25-19-10-7-14(23)11-17(19)24/h1-11,26H,12H2,(H,25,27). The topological polar surface area (TPSA) is 102 Å². The number of amides is 1. The number of rotatable bonds is 7. The van der Waals surface area contributed by atoms with E-state index in [0.29, 0.717) is 6.07 Å². The summed E-state index contributed by atoms with van der Waals surface area (Å²) in [6, 6.07) is 12.0. The normalized spacial score (nSPS) is 11.0. The van der Waals surface area contributed by atoms with Crippen molar-refractivity contribution in [3.63, 3.8) is 0 Å². The second-order valence-corrected chi connectivity index (χ2v) is 8.04. The third-order valence-electron chi connectivity index (χ3n) is 4.05. The summed E-state index contributed by atoms with van der Waals surface area (Å²) in [4.78, 5) is 24.1. The van der Waals surface area contributed by atoms with Gasteiger partial charge in [0.15, 0.2) is 6.61 Å². The minimum Gasteiger partial charge on any atom is -0.452 e. The number of halogens is 3. The molecule has 0 aliphatic carbocycles. The quantitative estimate of drug-likeness (QED) is 0.520. The van der Waals surface area contributed by atoms with Gasteiger partial charge in [0, 0.05) is 6.07 Å². The first-order valence-electron chi connectivity index (χ1n) is 8.95. The van der Waals surface area contributed by atoms with Crippen LogP contribution in [0.5, 0.6) is 0 Å². The fraction of sp³-hybridized carbons (Fsp3) is 0.0476. The Morgan fingerprint density at radius 1 is 0.844 bits per heavy atom. The molecule has 7 nitrogen and oxygen atoms in total. The van der Waals surface area contributed by atoms with Crippen molar-refractivity contribution in [2.24, 2.45) is 0 Å². The lowest BCUT2D eigenvalue weighted by atomic mass is 10.2. The zero-order valence-corrected chi connectivity index (χ0v) is 17.0. The average Bonchev–Trinajstić information content (AvgIpc) is 2.74. The number of hydrogen-bond acceptors (Lipinski definition) is 5. The largest absolute Gasteiger partial charge is 0.452 e. The Morgan fingerprint density at radius 2 is 1.50 bits per heavy atom. The number of carbonyl (C=O) groups excluding carboxylic acids is 2. The molecule has 0 unspecified atom stereocenters. The lowest BCUT2D eigenvalue weighted by Gasteiger charge is -2.12. The predicted molar refractivity (Wildman–Crippen MR) is 109 cm³/mol. The molecule has 2 N–H and O–H groups in total. The van der Waals surface area contributed by atoms with Gasteiger partial charge in [0.25, 0.3) is 15.9 Å². The molecule has 0 aromatic heterocycles. The summed E-state index contributed by atoms with van der Waals surface area (Å²) >= 11 is 0. The minimum atomic E-state index is -4.14. The van der Waals surface area contributed by atoms with Crippen LogP contribution in [0, 0.1) is 17.5 Å². The van der Waals surface area contributed by atoms with Gasteiger partial charge in [-0.2, -0.15) is 0 Å². The van der Waals surface area contributed by atoms with E-state index in [2.05, 4.69) is 10.0 Å². The molecular weight excluding hydrogens is 449 g/mol. The SMILES string of the molecule is O=C(COC(=O)c1ccccc1NS(=O)(=O)c1ccc(F)cc1)Nc1ccc(F)cc1F. The molecule has 1 amide bonds. The fourth-order valence-electron chi connectivity index (χ4n) is 2.55. The van der Waals surface area contributed by atoms with E-state index in [1.165, 1.54) is 24.3 Å². The molecule has 0 atom stereocenters. The van der Waals surface area contributed by atoms with Gasteiger partial charge >= 0.3 is 5.97 Å². The van der Waals surface area contributed by atoms with E-state index in [9.17, 15) is 31.2 Å². The van der Waals surface area contributed by atoms with Crippen LogP contribution in [-0.4, -0.2) is 26.9 Å². The maximum absolute atomic E-state index is 13.6. The zero-order chi connectivity index (χ0) is 23.3. The van der Waals surface area contributed by atoms with E-state index in [1.54, 1.807) is 0 Å². The lowest BCUT2D eigenvalue weighted by Crippen LogP contribution is -2.22. The number of anilines is 2. The molecule has 3 aromatic carbocycles. The Bertz CT molecular complexity index is 1260. The molecule has 0 spiro atoms. The van der Waals surface area contributed by atoms with E-state index >= 15 is 0 Å². The molecule has 0 aliphatic heterocycles. The van der Waals surface area contributed by atoms with Crippen molar-refractivity contribution in [3.05, 3.63) is 89.7 Å². The van der Waals surface area contributed by atoms with E-state index in [1.807, 2.05) is 0 Å². The molecule has 32 heavy (non-hydrogen) atoms. The summed E-state index contributed by atoms with van der Waals surface area (Å²) in [5.41, 5.74) is -0.634. The first-order valence-corrected chi connectivity index (χ1v) is 10.4. The van der Waals surface area contributed by atoms with E-state index in [0.717, 1.165) is 36.4 Å². The molecule has 0 heterocycles. The van der Waals surface area contributed by atoms with Gasteiger partial charge in [-0.05, 0) is 48.5 Å². The Kier molecular flexibility index (Phi) is 6.79. The van der Waals surface area contributed by atoms with Crippen molar-refractivity contribution in [2.45, 2.75) is 4.90 Å². The number of sulfonamides is 1. The van der Waals surface area contributed by atoms with Gasteiger partial charge in [-0.25, -0.2) is 26.4 Å². The first kappa shape index (κ1) is 22.8. The second-order valence-electron chi connectivity index (χ2n) is 6.35. The monoisotopic (exact) mass is 464 g/mol. The van der Waals surface area contributed by atoms with Gasteiger partial charge in [-0.1, -0.05) is 12.1 Å². The molecule has 3 aromatic rings. The molecule has 0 saturated carbocycles. The predicted octanol–water partition coefficient (Wildman–Crippen LogP) is 3.70. The first-order chi connectivity index (χ1) is 15.2. The summed E-state index contributed by atoms with van der Waals surface area (Å²) in [6.45, 7) is -0.811. The number of benzene rings is 3. The number of hydrogen-bond donors (Lipinski definition) is 2. The summed E-state index contributed by atoms with van der Waals surface area (Å²) in [6.07, 6.45) is 0. The maximum Gasteiger partial charge on any atom is 0.340 e. The maximum atomic E-state index is 13.6. The summed E-state index contributed by atoms with van der Waals surface area (Å²) in [5.74, 6) is -4.38. The second kappa shape index (κ2) is 9.52. The summed E-state index contributed by atoms with van der Waals surface area (Å²) in [7, 11) is -4.14. The Morgan fingerprint density at radius 3 is 2.19 bits per heavy atom. The van der Waals surface area contributed by atoms with Crippen LogP contribution in [0.2, 0.25) is 0 Å². The Labute approximate surface area is 180 Å². The Hall–Kier alpha value is -3.86. The van der Waals surface area contributed by atoms with Crippen molar-refractivity contribution in [1.82, 2.24) is 0 Å². The van der Waals surface area contributed by atoms with Gasteiger partial charge in [0.05, 0.1) is 21.8 Å². The third kappa shape index (κ3) is 5.64. The van der Waals surface area contributed by atoms with Crippen molar-refractivity contribution >= 4 is 33.3 Å². The van der Waals surface area contributed by atoms with Crippen LogP contribution in [0.25, 0.3) is 0 Å². The van der Waals surface area contributed by atoms with Crippen LogP contribution in [0.4, 0.5) is 24.5 Å². The summed E-state index contributed by atoms with van der Waals surface area (Å²) in [5, 5.41) is 2.12. The lowest BCUT2D eigenvalue weighted by molar-refractivity contribution is -0.119. The van der Waals surface area contributed by atoms with Crippen molar-refractivity contribution in [1.29, 1.82) is 0 Å². The molecule has 0 bridgehead atoms. The van der Waals surface area contributed by atoms with Gasteiger partial charge in [-0.3, -0.25) is 9.52 Å². The number of esters is 1. The number of carbonyl (C=O) groups is 2. The van der Waals surface area contributed by atoms with Crippen LogP contribution in [0.3, 0.4) is 0 Å². The molecule has 3 rings (SSSR count). The van der Waals surface area contributed by atoms with Gasteiger partial charge in [0.2, 0.25) is 0 Å². The minimum absolute atomic E-state index is 0.133. The third-order valence-corrected chi connectivity index (χ3v) is 5.44. The van der Waals surface area contributed by atoms with E-state index in [4.69, 9.17) is 4.74 Å². The number of ether oxygens (including phenoxy) is 1. The van der Waals surface area contributed by atoms with E-state index < -0.39 is 46.0 Å². The highest BCUT2D eigenvalue weighted by atomic mass is 32.2. The molecule has 0 aliphatic rings. The number of para-hydroxylation sites is 1. The molecule has 0 saturated heterocycles. The van der Waals surface area contributed by atoms with Crippen molar-refractivity contribution < 1.29 is 35.9 Å². The van der Waals surface area contributed by atoms with E-state index in [-0.39, 0.29) is 21.8 Å². The van der Waals surface area contributed by atoms with Crippen molar-refractivity contribution in [3.8, 4) is 0 Å². The molecule has 0 radical (unpaired) electrons. The molecule has 0 fully saturated rings. The van der Waals surface area contributed by atoms with Crippen LogP contribution >= 0.6 is 0 Å². The molecule has 11 heteroatoms. The van der Waals surface area contributed by atoms with Gasteiger partial charge in [0.1, 0.15) is 17.5 Å². The van der Waals surface area contributed by atoms with Crippen LogP contribution in [0.1, 0.15) is 10.4 Å². The molecular formula is C21H15F3N2O5S. The van der Waals surface area contributed by atoms with Crippen LogP contribution < -0.4 is 10.0 Å².